The topological polar surface area (TPSA) is 211 Å². The largest absolute Gasteiger partial charge is 0.480 e. The van der Waals surface area contributed by atoms with Crippen LogP contribution in [0.2, 0.25) is 0 Å². The predicted octanol–water partition coefficient (Wildman–Crippen LogP) is -0.818. The van der Waals surface area contributed by atoms with E-state index in [2.05, 4.69) is 15.5 Å². The second kappa shape index (κ2) is 9.36. The molecule has 2 fully saturated rings. The lowest BCUT2D eigenvalue weighted by Gasteiger charge is -2.41. The van der Waals surface area contributed by atoms with Crippen molar-refractivity contribution in [3.63, 3.8) is 0 Å². The van der Waals surface area contributed by atoms with Crippen molar-refractivity contribution in [1.82, 2.24) is 15.2 Å². The van der Waals surface area contributed by atoms with Crippen LogP contribution in [0.3, 0.4) is 0 Å². The Labute approximate surface area is 200 Å². The number of aromatic nitrogens is 1. The van der Waals surface area contributed by atoms with Gasteiger partial charge in [-0.15, -0.1) is 34.9 Å². The number of nitrogens with one attached hydrogen (secondary N) is 1. The van der Waals surface area contributed by atoms with Crippen LogP contribution in [0.4, 0.5) is 5.13 Å². The standard InChI is InChI=1S/C17H22N6O7S3/c1-16(2,13(26)27)30-22-8(7-5-31-15(19)20-7)10(24)21-9-11(25)23-6-17(14(28)29,32-4-3-18)33-12(9)23/h5,9,12H,3-4,6,18H2,1-2H3,(H2,19,20)(H,21,24)(H,26,27)(H,28,29)/b22-8-/t9?,12-,17?/m1/s1. The third-order valence-corrected chi connectivity index (χ3v) is 8.74. The summed E-state index contributed by atoms with van der Waals surface area (Å²) in [5.74, 6) is -3.29. The Bertz CT molecular complexity index is 1010. The molecule has 2 aliphatic rings. The third-order valence-electron chi connectivity index (χ3n) is 4.76. The Hall–Kier alpha value is -2.56. The first-order valence-corrected chi connectivity index (χ1v) is 12.2. The number of carboxylic acids is 2. The van der Waals surface area contributed by atoms with Crippen molar-refractivity contribution < 1.29 is 34.2 Å². The molecule has 2 saturated heterocycles. The third kappa shape index (κ3) is 4.87. The van der Waals surface area contributed by atoms with Gasteiger partial charge in [0.25, 0.3) is 5.91 Å². The maximum Gasteiger partial charge on any atom is 0.350 e. The molecule has 0 bridgehead atoms. The van der Waals surface area contributed by atoms with Gasteiger partial charge in [-0.05, 0) is 13.8 Å². The second-order valence-corrected chi connectivity index (χ2v) is 11.5. The number of carbonyl (C=O) groups is 4. The number of carbonyl (C=O) groups excluding carboxylic acids is 2. The van der Waals surface area contributed by atoms with Crippen LogP contribution >= 0.6 is 34.9 Å². The molecule has 0 radical (unpaired) electrons. The number of thioether (sulfide) groups is 2. The summed E-state index contributed by atoms with van der Waals surface area (Å²) in [6.45, 7) is 2.75. The second-order valence-electron chi connectivity index (χ2n) is 7.54. The number of carboxylic acid groups (broad SMARTS) is 2. The highest BCUT2D eigenvalue weighted by atomic mass is 32.2. The van der Waals surface area contributed by atoms with Crippen molar-refractivity contribution in [2.75, 3.05) is 24.6 Å². The van der Waals surface area contributed by atoms with Gasteiger partial charge in [-0.1, -0.05) is 5.16 Å². The molecule has 2 unspecified atom stereocenters. The molecule has 7 N–H and O–H groups in total. The average molecular weight is 519 g/mol. The number of hydrogen-bond acceptors (Lipinski definition) is 12. The number of oxime groups is 1. The normalized spacial score (nSPS) is 24.8. The maximum absolute atomic E-state index is 13.0. The van der Waals surface area contributed by atoms with Gasteiger partial charge < -0.3 is 36.7 Å². The first-order chi connectivity index (χ1) is 15.4. The Balaban J connectivity index is 1.79. The Morgan fingerprint density at radius 2 is 2.15 bits per heavy atom. The molecule has 0 saturated carbocycles. The molecule has 1 aromatic heterocycles. The molecule has 3 atom stereocenters. The molecule has 16 heteroatoms. The van der Waals surface area contributed by atoms with Gasteiger partial charge in [0.1, 0.15) is 17.1 Å². The first kappa shape index (κ1) is 25.1. The average Bonchev–Trinajstić information content (AvgIpc) is 3.33. The summed E-state index contributed by atoms with van der Waals surface area (Å²) in [5.41, 5.74) is 9.07. The highest BCUT2D eigenvalue weighted by Gasteiger charge is 2.62. The van der Waals surface area contributed by atoms with E-state index in [9.17, 15) is 29.4 Å². The fraction of sp³-hybridized carbons (Fsp3) is 0.529. The predicted molar refractivity (Wildman–Crippen MR) is 123 cm³/mol. The van der Waals surface area contributed by atoms with Crippen LogP contribution < -0.4 is 16.8 Å². The zero-order valence-electron chi connectivity index (χ0n) is 17.5. The smallest absolute Gasteiger partial charge is 0.350 e. The first-order valence-electron chi connectivity index (χ1n) is 9.49. The summed E-state index contributed by atoms with van der Waals surface area (Å²) in [6, 6.07) is -1.00. The lowest BCUT2D eigenvalue weighted by atomic mass is 10.1. The van der Waals surface area contributed by atoms with Gasteiger partial charge in [0, 0.05) is 17.7 Å². The van der Waals surface area contributed by atoms with Crippen LogP contribution in [-0.4, -0.2) is 89.5 Å². The fourth-order valence-electron chi connectivity index (χ4n) is 2.91. The lowest BCUT2D eigenvalue weighted by Crippen LogP contribution is -2.68. The van der Waals surface area contributed by atoms with Crippen LogP contribution in [0.1, 0.15) is 19.5 Å². The van der Waals surface area contributed by atoms with Crippen LogP contribution in [0.5, 0.6) is 0 Å². The molecule has 0 aromatic carbocycles. The molecule has 33 heavy (non-hydrogen) atoms. The number of nitrogens with two attached hydrogens (primary N) is 2. The minimum Gasteiger partial charge on any atom is -0.480 e. The zero-order chi connectivity index (χ0) is 24.6. The Morgan fingerprint density at radius 1 is 1.45 bits per heavy atom. The Kier molecular flexibility index (Phi) is 7.11. The molecule has 2 amide bonds. The molecule has 180 valence electrons. The number of aliphatic carboxylic acids is 2. The van der Waals surface area contributed by atoms with Crippen molar-refractivity contribution >= 4 is 69.5 Å². The monoisotopic (exact) mass is 518 g/mol. The molecule has 2 aliphatic heterocycles. The molecular formula is C17H22N6O7S3. The van der Waals surface area contributed by atoms with Gasteiger partial charge in [0.2, 0.25) is 11.5 Å². The zero-order valence-corrected chi connectivity index (χ0v) is 20.0. The van der Waals surface area contributed by atoms with Crippen LogP contribution in [0, 0.1) is 0 Å². The van der Waals surface area contributed by atoms with Crippen LogP contribution in [-0.2, 0) is 24.0 Å². The summed E-state index contributed by atoms with van der Waals surface area (Å²) in [4.78, 5) is 59.2. The van der Waals surface area contributed by atoms with E-state index in [0.29, 0.717) is 5.75 Å². The summed E-state index contributed by atoms with van der Waals surface area (Å²) in [5, 5.41) is 26.1. The van der Waals surface area contributed by atoms with Crippen molar-refractivity contribution in [1.29, 1.82) is 0 Å². The minimum atomic E-state index is -1.74. The highest BCUT2D eigenvalue weighted by molar-refractivity contribution is 8.20. The molecular weight excluding hydrogens is 496 g/mol. The van der Waals surface area contributed by atoms with E-state index in [4.69, 9.17) is 16.3 Å². The van der Waals surface area contributed by atoms with Crippen LogP contribution in [0.25, 0.3) is 0 Å². The molecule has 13 nitrogen and oxygen atoms in total. The maximum atomic E-state index is 13.0. The number of nitrogen functional groups attached to an aromatic ring is 1. The number of anilines is 1. The van der Waals surface area contributed by atoms with Gasteiger partial charge in [-0.25, -0.2) is 14.6 Å². The number of rotatable bonds is 10. The van der Waals surface area contributed by atoms with Gasteiger partial charge in [-0.2, -0.15) is 0 Å². The highest BCUT2D eigenvalue weighted by Crippen LogP contribution is 2.52. The summed E-state index contributed by atoms with van der Waals surface area (Å²) >= 11 is 3.23. The summed E-state index contributed by atoms with van der Waals surface area (Å²) < 4.78 is -1.28. The van der Waals surface area contributed by atoms with E-state index >= 15 is 0 Å². The van der Waals surface area contributed by atoms with E-state index in [1.807, 2.05) is 0 Å². The Morgan fingerprint density at radius 3 is 2.70 bits per heavy atom. The number of fused-ring (bicyclic) bond motifs is 1. The van der Waals surface area contributed by atoms with Gasteiger partial charge in [0.05, 0.1) is 6.54 Å². The minimum absolute atomic E-state index is 0.0208. The van der Waals surface area contributed by atoms with E-state index in [0.717, 1.165) is 34.9 Å². The van der Waals surface area contributed by atoms with Crippen molar-refractivity contribution in [2.24, 2.45) is 10.9 Å². The van der Waals surface area contributed by atoms with E-state index in [1.54, 1.807) is 0 Å². The van der Waals surface area contributed by atoms with E-state index in [1.165, 1.54) is 24.1 Å². The van der Waals surface area contributed by atoms with E-state index < -0.39 is 44.8 Å². The van der Waals surface area contributed by atoms with Gasteiger partial charge in [-0.3, -0.25) is 9.59 Å². The molecule has 0 spiro atoms. The summed E-state index contributed by atoms with van der Waals surface area (Å²) in [7, 11) is 0. The number of nitrogens with zero attached hydrogens (tertiary/aromatic N) is 3. The summed E-state index contributed by atoms with van der Waals surface area (Å²) in [6.07, 6.45) is 0. The lowest BCUT2D eigenvalue weighted by molar-refractivity contribution is -0.161. The van der Waals surface area contributed by atoms with Crippen molar-refractivity contribution in [3.05, 3.63) is 11.1 Å². The quantitative estimate of drug-likeness (QED) is 0.146. The van der Waals surface area contributed by atoms with E-state index in [-0.39, 0.29) is 29.6 Å². The van der Waals surface area contributed by atoms with Crippen molar-refractivity contribution in [2.45, 2.75) is 34.9 Å². The SMILES string of the molecule is CC(C)(O/N=C(\C(=O)NC1C(=O)N2CC(SCCN)(C(=O)O)S[C@H]12)c1csc(N)n1)C(=O)O. The molecule has 3 rings (SSSR count). The fourth-order valence-corrected chi connectivity index (χ4v) is 6.40. The number of β-lactam (4-membered cyclic amide) rings is 1. The van der Waals surface area contributed by atoms with Crippen LogP contribution in [0.15, 0.2) is 10.5 Å². The van der Waals surface area contributed by atoms with Gasteiger partial charge >= 0.3 is 11.9 Å². The number of hydrogen-bond donors (Lipinski definition) is 5. The van der Waals surface area contributed by atoms with Crippen molar-refractivity contribution in [3.8, 4) is 0 Å². The molecule has 3 heterocycles. The number of amides is 2. The van der Waals surface area contributed by atoms with Gasteiger partial charge in [0.15, 0.2) is 14.9 Å². The molecule has 1 aromatic rings. The molecule has 0 aliphatic carbocycles. The number of thiazole rings is 1.